The van der Waals surface area contributed by atoms with E-state index in [9.17, 15) is 0 Å². The third-order valence-electron chi connectivity index (χ3n) is 4.42. The van der Waals surface area contributed by atoms with Gasteiger partial charge in [-0.2, -0.15) is 0 Å². The summed E-state index contributed by atoms with van der Waals surface area (Å²) in [6.07, 6.45) is 27.8. The molecule has 0 unspecified atom stereocenters. The molecule has 0 aliphatic heterocycles. The van der Waals surface area contributed by atoms with Crippen molar-refractivity contribution in [3.63, 3.8) is 0 Å². The van der Waals surface area contributed by atoms with E-state index in [1.54, 1.807) is 6.26 Å². The quantitative estimate of drug-likeness (QED) is 0.184. The van der Waals surface area contributed by atoms with E-state index in [2.05, 4.69) is 24.8 Å². The Morgan fingerprint density at radius 3 is 1.32 bits per heavy atom. The first kappa shape index (κ1) is 21.5. The molecule has 0 aromatic heterocycles. The molecule has 0 aliphatic carbocycles. The third-order valence-corrected chi connectivity index (χ3v) is 4.42. The summed E-state index contributed by atoms with van der Waals surface area (Å²) in [4.78, 5) is 0. The van der Waals surface area contributed by atoms with Gasteiger partial charge in [0.1, 0.15) is 7.11 Å². The van der Waals surface area contributed by atoms with Crippen molar-refractivity contribution in [3.8, 4) is 0 Å². The zero-order chi connectivity index (χ0) is 16.1. The number of hydrogen-bond donors (Lipinski definition) is 0. The standard InChI is InChI=1S/C21H41O/c1-3-4-5-6-7-8-9-10-11-12-13-14-15-16-17-18-19-20-21-22-2/h20-21H,2-19H2,1H3/b21-20+. The van der Waals surface area contributed by atoms with Crippen LogP contribution in [0.25, 0.3) is 0 Å². The van der Waals surface area contributed by atoms with E-state index >= 15 is 0 Å². The third kappa shape index (κ3) is 19.5. The van der Waals surface area contributed by atoms with Crippen LogP contribution < -0.4 is 0 Å². The monoisotopic (exact) mass is 309 g/mol. The molecule has 0 amide bonds. The fourth-order valence-corrected chi connectivity index (χ4v) is 2.95. The zero-order valence-corrected chi connectivity index (χ0v) is 15.3. The van der Waals surface area contributed by atoms with Gasteiger partial charge in [0.05, 0.1) is 6.26 Å². The van der Waals surface area contributed by atoms with Crippen LogP contribution in [-0.4, -0.2) is 0 Å². The Bertz CT molecular complexity index is 210. The van der Waals surface area contributed by atoms with E-state index in [1.807, 2.05) is 0 Å². The van der Waals surface area contributed by atoms with Gasteiger partial charge >= 0.3 is 0 Å². The van der Waals surface area contributed by atoms with Gasteiger partial charge in [0.2, 0.25) is 0 Å². The topological polar surface area (TPSA) is 9.23 Å². The van der Waals surface area contributed by atoms with Crippen molar-refractivity contribution >= 4 is 0 Å². The van der Waals surface area contributed by atoms with Crippen molar-refractivity contribution in [1.82, 2.24) is 0 Å². The van der Waals surface area contributed by atoms with Gasteiger partial charge in [-0.3, -0.25) is 0 Å². The molecule has 0 aliphatic rings. The van der Waals surface area contributed by atoms with Crippen LogP contribution in [0, 0.1) is 7.11 Å². The molecule has 1 radical (unpaired) electrons. The van der Waals surface area contributed by atoms with Crippen LogP contribution in [0.5, 0.6) is 0 Å². The molecule has 22 heavy (non-hydrogen) atoms. The summed E-state index contributed by atoms with van der Waals surface area (Å²) >= 11 is 0. The summed E-state index contributed by atoms with van der Waals surface area (Å²) in [5.74, 6) is 0. The summed E-state index contributed by atoms with van der Waals surface area (Å²) in [5, 5.41) is 0. The lowest BCUT2D eigenvalue weighted by Crippen LogP contribution is -1.83. The maximum Gasteiger partial charge on any atom is 0.121 e. The maximum atomic E-state index is 4.64. The molecule has 0 saturated heterocycles. The Hall–Kier alpha value is -0.460. The maximum absolute atomic E-state index is 4.64. The minimum atomic E-state index is 1.13. The van der Waals surface area contributed by atoms with Gasteiger partial charge in [-0.05, 0) is 18.9 Å². The average Bonchev–Trinajstić information content (AvgIpc) is 2.54. The van der Waals surface area contributed by atoms with Gasteiger partial charge in [0.15, 0.2) is 0 Å². The predicted octanol–water partition coefficient (Wildman–Crippen LogP) is 7.96. The highest BCUT2D eigenvalue weighted by atomic mass is 16.5. The molecule has 131 valence electrons. The van der Waals surface area contributed by atoms with Crippen molar-refractivity contribution < 1.29 is 4.74 Å². The number of hydrogen-bond acceptors (Lipinski definition) is 1. The average molecular weight is 310 g/mol. The summed E-state index contributed by atoms with van der Waals surface area (Å²) < 4.78 is 4.64. The minimum Gasteiger partial charge on any atom is -0.498 e. The van der Waals surface area contributed by atoms with Gasteiger partial charge in [-0.15, -0.1) is 0 Å². The van der Waals surface area contributed by atoms with Gasteiger partial charge in [0, 0.05) is 0 Å². The Morgan fingerprint density at radius 2 is 0.955 bits per heavy atom. The normalized spacial score (nSPS) is 11.4. The SMILES string of the molecule is [CH2]O/C=C/CCCCCCCCCCCCCCCCCC. The first-order chi connectivity index (χ1) is 10.9. The number of rotatable bonds is 18. The molecule has 0 atom stereocenters. The highest BCUT2D eigenvalue weighted by Crippen LogP contribution is 2.14. The molecule has 0 bridgehead atoms. The summed E-state index contributed by atoms with van der Waals surface area (Å²) in [6.45, 7) is 2.29. The van der Waals surface area contributed by atoms with Crippen molar-refractivity contribution in [3.05, 3.63) is 19.4 Å². The Morgan fingerprint density at radius 1 is 0.591 bits per heavy atom. The second kappa shape index (κ2) is 20.5. The molecule has 0 heterocycles. The first-order valence-electron chi connectivity index (χ1n) is 9.97. The molecular weight excluding hydrogens is 268 g/mol. The van der Waals surface area contributed by atoms with E-state index in [0.717, 1.165) is 6.42 Å². The minimum absolute atomic E-state index is 1.13. The summed E-state index contributed by atoms with van der Waals surface area (Å²) in [6, 6.07) is 0. The van der Waals surface area contributed by atoms with Crippen LogP contribution in [0.15, 0.2) is 12.3 Å². The van der Waals surface area contributed by atoms with Crippen molar-refractivity contribution in [1.29, 1.82) is 0 Å². The van der Waals surface area contributed by atoms with Crippen molar-refractivity contribution in [2.75, 3.05) is 0 Å². The molecule has 1 heteroatoms. The molecule has 0 aromatic rings. The van der Waals surface area contributed by atoms with Crippen LogP contribution in [0.1, 0.15) is 116 Å². The second-order valence-corrected chi connectivity index (χ2v) is 6.63. The van der Waals surface area contributed by atoms with E-state index in [-0.39, 0.29) is 0 Å². The lowest BCUT2D eigenvalue weighted by atomic mass is 10.0. The van der Waals surface area contributed by atoms with Crippen LogP contribution in [0.2, 0.25) is 0 Å². The Labute approximate surface area is 140 Å². The predicted molar refractivity (Wildman–Crippen MR) is 99.7 cm³/mol. The largest absolute Gasteiger partial charge is 0.498 e. The van der Waals surface area contributed by atoms with Crippen molar-refractivity contribution in [2.45, 2.75) is 116 Å². The summed E-state index contributed by atoms with van der Waals surface area (Å²) in [5.41, 5.74) is 0. The molecular formula is C21H41O. The van der Waals surface area contributed by atoms with Gasteiger partial charge in [-0.25, -0.2) is 0 Å². The van der Waals surface area contributed by atoms with E-state index in [1.165, 1.54) is 103 Å². The molecule has 0 rings (SSSR count). The molecule has 0 saturated carbocycles. The molecule has 0 aromatic carbocycles. The van der Waals surface area contributed by atoms with Crippen molar-refractivity contribution in [2.24, 2.45) is 0 Å². The Kier molecular flexibility index (Phi) is 20.1. The number of ether oxygens (including phenoxy) is 1. The van der Waals surface area contributed by atoms with Gasteiger partial charge in [0.25, 0.3) is 0 Å². The zero-order valence-electron chi connectivity index (χ0n) is 15.3. The highest BCUT2D eigenvalue weighted by Gasteiger charge is 1.94. The highest BCUT2D eigenvalue weighted by molar-refractivity contribution is 4.72. The van der Waals surface area contributed by atoms with Crippen LogP contribution in [0.4, 0.5) is 0 Å². The van der Waals surface area contributed by atoms with Crippen LogP contribution in [0.3, 0.4) is 0 Å². The van der Waals surface area contributed by atoms with E-state index in [0.29, 0.717) is 0 Å². The lowest BCUT2D eigenvalue weighted by molar-refractivity contribution is 0.391. The number of allylic oxidation sites excluding steroid dienone is 1. The number of unbranched alkanes of at least 4 members (excludes halogenated alkanes) is 16. The van der Waals surface area contributed by atoms with E-state index in [4.69, 9.17) is 0 Å². The molecule has 0 N–H and O–H groups in total. The van der Waals surface area contributed by atoms with Crippen LogP contribution >= 0.6 is 0 Å². The van der Waals surface area contributed by atoms with Gasteiger partial charge in [-0.1, -0.05) is 103 Å². The Balaban J connectivity index is 2.95. The van der Waals surface area contributed by atoms with Crippen LogP contribution in [-0.2, 0) is 4.74 Å². The first-order valence-corrected chi connectivity index (χ1v) is 9.97. The van der Waals surface area contributed by atoms with E-state index < -0.39 is 0 Å². The second-order valence-electron chi connectivity index (χ2n) is 6.63. The molecule has 1 nitrogen and oxygen atoms in total. The summed E-state index contributed by atoms with van der Waals surface area (Å²) in [7, 11) is 3.31. The molecule has 0 spiro atoms. The fourth-order valence-electron chi connectivity index (χ4n) is 2.95. The molecule has 0 fully saturated rings. The van der Waals surface area contributed by atoms with Gasteiger partial charge < -0.3 is 4.74 Å². The smallest absolute Gasteiger partial charge is 0.121 e. The fraction of sp³-hybridized carbons (Fsp3) is 0.857. The lowest BCUT2D eigenvalue weighted by Gasteiger charge is -2.03.